The molecular formula is C22H39N. The first kappa shape index (κ1) is 20.1. The van der Waals surface area contributed by atoms with Gasteiger partial charge in [-0.2, -0.15) is 0 Å². The molecule has 0 bridgehead atoms. The molecule has 1 aromatic rings. The van der Waals surface area contributed by atoms with E-state index in [0.29, 0.717) is 0 Å². The summed E-state index contributed by atoms with van der Waals surface area (Å²) in [4.78, 5) is 2.64. The number of anilines is 1. The Kier molecular flexibility index (Phi) is 11.7. The number of benzene rings is 1. The fourth-order valence-corrected chi connectivity index (χ4v) is 3.26. The van der Waals surface area contributed by atoms with E-state index in [4.69, 9.17) is 0 Å². The second kappa shape index (κ2) is 13.5. The van der Waals surface area contributed by atoms with E-state index < -0.39 is 0 Å². The molecule has 0 saturated carbocycles. The Morgan fingerprint density at radius 2 is 1.13 bits per heavy atom. The second-order valence-corrected chi connectivity index (χ2v) is 6.96. The van der Waals surface area contributed by atoms with E-state index in [2.05, 4.69) is 49.9 Å². The monoisotopic (exact) mass is 317 g/mol. The highest BCUT2D eigenvalue weighted by atomic mass is 15.1. The molecule has 0 fully saturated rings. The molecule has 0 amide bonds. The number of para-hydroxylation sites is 1. The minimum absolute atomic E-state index is 1.23. The van der Waals surface area contributed by atoms with Crippen LogP contribution < -0.4 is 4.90 Å². The molecule has 1 aromatic carbocycles. The van der Waals surface area contributed by atoms with Crippen molar-refractivity contribution in [1.82, 2.24) is 0 Å². The van der Waals surface area contributed by atoms with Crippen molar-refractivity contribution in [3.63, 3.8) is 0 Å². The first-order valence-corrected chi connectivity index (χ1v) is 10.1. The zero-order valence-electron chi connectivity index (χ0n) is 15.9. The molecule has 0 aliphatic carbocycles. The SMILES string of the molecule is CCCCCCCCN(CCCCCCC)c1ccccc1C. The molecule has 0 atom stereocenters. The van der Waals surface area contributed by atoms with Crippen molar-refractivity contribution < 1.29 is 0 Å². The van der Waals surface area contributed by atoms with Gasteiger partial charge in [0.2, 0.25) is 0 Å². The molecule has 1 rings (SSSR count). The molecule has 0 saturated heterocycles. The molecule has 0 aromatic heterocycles. The Hall–Kier alpha value is -0.980. The summed E-state index contributed by atoms with van der Waals surface area (Å²) in [7, 11) is 0. The lowest BCUT2D eigenvalue weighted by atomic mass is 10.1. The number of hydrogen-bond donors (Lipinski definition) is 0. The van der Waals surface area contributed by atoms with Crippen LogP contribution in [0.25, 0.3) is 0 Å². The van der Waals surface area contributed by atoms with Gasteiger partial charge in [0.15, 0.2) is 0 Å². The van der Waals surface area contributed by atoms with Gasteiger partial charge in [0.1, 0.15) is 0 Å². The lowest BCUT2D eigenvalue weighted by Crippen LogP contribution is -2.26. The summed E-state index contributed by atoms with van der Waals surface area (Å²) < 4.78 is 0. The molecule has 1 nitrogen and oxygen atoms in total. The van der Waals surface area contributed by atoms with Gasteiger partial charge in [0.25, 0.3) is 0 Å². The van der Waals surface area contributed by atoms with Gasteiger partial charge < -0.3 is 4.90 Å². The number of aryl methyl sites for hydroxylation is 1. The minimum atomic E-state index is 1.23. The van der Waals surface area contributed by atoms with Crippen molar-refractivity contribution in [2.24, 2.45) is 0 Å². The van der Waals surface area contributed by atoms with Crippen LogP contribution in [0.1, 0.15) is 90.0 Å². The third kappa shape index (κ3) is 9.03. The minimum Gasteiger partial charge on any atom is -0.371 e. The highest BCUT2D eigenvalue weighted by Gasteiger charge is 2.08. The lowest BCUT2D eigenvalue weighted by molar-refractivity contribution is 0.580. The van der Waals surface area contributed by atoms with Crippen molar-refractivity contribution in [2.75, 3.05) is 18.0 Å². The second-order valence-electron chi connectivity index (χ2n) is 6.96. The Morgan fingerprint density at radius 1 is 0.652 bits per heavy atom. The number of hydrogen-bond acceptors (Lipinski definition) is 1. The van der Waals surface area contributed by atoms with Gasteiger partial charge in [-0.25, -0.2) is 0 Å². The fourth-order valence-electron chi connectivity index (χ4n) is 3.26. The van der Waals surface area contributed by atoms with Gasteiger partial charge in [-0.05, 0) is 31.4 Å². The summed E-state index contributed by atoms with van der Waals surface area (Å²) in [5, 5.41) is 0. The van der Waals surface area contributed by atoms with Crippen LogP contribution in [0.5, 0.6) is 0 Å². The molecule has 132 valence electrons. The van der Waals surface area contributed by atoms with Gasteiger partial charge in [0.05, 0.1) is 0 Å². The normalized spacial score (nSPS) is 10.9. The Bertz CT molecular complexity index is 385. The lowest BCUT2D eigenvalue weighted by Gasteiger charge is -2.26. The van der Waals surface area contributed by atoms with Crippen LogP contribution in [0.3, 0.4) is 0 Å². The van der Waals surface area contributed by atoms with E-state index in [0.717, 1.165) is 0 Å². The first-order valence-electron chi connectivity index (χ1n) is 10.1. The summed E-state index contributed by atoms with van der Waals surface area (Å²) in [5.41, 5.74) is 2.88. The van der Waals surface area contributed by atoms with E-state index in [1.54, 1.807) is 0 Å². The first-order chi connectivity index (χ1) is 11.3. The molecule has 0 N–H and O–H groups in total. The average Bonchev–Trinajstić information content (AvgIpc) is 2.56. The van der Waals surface area contributed by atoms with Crippen molar-refractivity contribution in [1.29, 1.82) is 0 Å². The highest BCUT2D eigenvalue weighted by molar-refractivity contribution is 5.52. The van der Waals surface area contributed by atoms with Crippen LogP contribution in [0.15, 0.2) is 24.3 Å². The van der Waals surface area contributed by atoms with Gasteiger partial charge in [-0.3, -0.25) is 0 Å². The quantitative estimate of drug-likeness (QED) is 0.330. The summed E-state index contributed by atoms with van der Waals surface area (Å²) in [6.45, 7) is 9.28. The van der Waals surface area contributed by atoms with Gasteiger partial charge in [-0.15, -0.1) is 0 Å². The number of unbranched alkanes of at least 4 members (excludes halogenated alkanes) is 9. The van der Waals surface area contributed by atoms with Gasteiger partial charge in [0, 0.05) is 18.8 Å². The van der Waals surface area contributed by atoms with Crippen molar-refractivity contribution in [3.8, 4) is 0 Å². The highest BCUT2D eigenvalue weighted by Crippen LogP contribution is 2.21. The Balaban J connectivity index is 2.40. The van der Waals surface area contributed by atoms with E-state index in [-0.39, 0.29) is 0 Å². The maximum Gasteiger partial charge on any atom is 0.0395 e. The third-order valence-corrected chi connectivity index (χ3v) is 4.77. The number of rotatable bonds is 14. The summed E-state index contributed by atoms with van der Waals surface area (Å²) in [6.07, 6.45) is 15.1. The van der Waals surface area contributed by atoms with Crippen LogP contribution >= 0.6 is 0 Å². The van der Waals surface area contributed by atoms with Crippen LogP contribution in [-0.4, -0.2) is 13.1 Å². The maximum atomic E-state index is 2.64. The summed E-state index contributed by atoms with van der Waals surface area (Å²) in [6, 6.07) is 8.90. The summed E-state index contributed by atoms with van der Waals surface area (Å²) >= 11 is 0. The van der Waals surface area contributed by atoms with E-state index in [1.807, 2.05) is 0 Å². The molecule has 0 radical (unpaired) electrons. The largest absolute Gasteiger partial charge is 0.371 e. The third-order valence-electron chi connectivity index (χ3n) is 4.77. The molecule has 0 spiro atoms. The maximum absolute atomic E-state index is 2.64. The topological polar surface area (TPSA) is 3.24 Å². The predicted octanol–water partition coefficient (Wildman–Crippen LogP) is 7.13. The van der Waals surface area contributed by atoms with Crippen molar-refractivity contribution >= 4 is 5.69 Å². The van der Waals surface area contributed by atoms with Crippen LogP contribution in [0.2, 0.25) is 0 Å². The molecule has 1 heteroatoms. The van der Waals surface area contributed by atoms with Crippen LogP contribution in [0.4, 0.5) is 5.69 Å². The van der Waals surface area contributed by atoms with Gasteiger partial charge in [-0.1, -0.05) is 89.8 Å². The zero-order valence-corrected chi connectivity index (χ0v) is 15.9. The molecule has 0 unspecified atom stereocenters. The fraction of sp³-hybridized carbons (Fsp3) is 0.727. The van der Waals surface area contributed by atoms with Crippen molar-refractivity contribution in [2.45, 2.75) is 91.4 Å². The molecule has 0 aliphatic rings. The molecule has 0 aliphatic heterocycles. The Morgan fingerprint density at radius 3 is 1.65 bits per heavy atom. The van der Waals surface area contributed by atoms with E-state index in [9.17, 15) is 0 Å². The van der Waals surface area contributed by atoms with Crippen LogP contribution in [-0.2, 0) is 0 Å². The number of nitrogens with zero attached hydrogens (tertiary/aromatic N) is 1. The van der Waals surface area contributed by atoms with Crippen molar-refractivity contribution in [3.05, 3.63) is 29.8 Å². The standard InChI is InChI=1S/C22H39N/c1-4-6-8-10-12-16-20-23(19-15-11-9-7-5-2)22-18-14-13-17-21(22)3/h13-14,17-18H,4-12,15-16,19-20H2,1-3H3. The van der Waals surface area contributed by atoms with E-state index in [1.165, 1.54) is 95.0 Å². The zero-order chi connectivity index (χ0) is 16.8. The Labute approximate surface area is 145 Å². The molecule has 0 heterocycles. The molecular weight excluding hydrogens is 278 g/mol. The molecule has 23 heavy (non-hydrogen) atoms. The van der Waals surface area contributed by atoms with Gasteiger partial charge >= 0.3 is 0 Å². The van der Waals surface area contributed by atoms with Crippen LogP contribution in [0, 0.1) is 6.92 Å². The smallest absolute Gasteiger partial charge is 0.0395 e. The van der Waals surface area contributed by atoms with E-state index >= 15 is 0 Å². The average molecular weight is 318 g/mol. The summed E-state index contributed by atoms with van der Waals surface area (Å²) in [5.74, 6) is 0. The predicted molar refractivity (Wildman–Crippen MR) is 106 cm³/mol.